The molecule has 0 aliphatic rings. The standard InChI is InChI=1S/C17H19NO3/c1-17(2,3)21-16(19)14-10-7-11-15(18-14)20-12-13-8-5-4-6-9-13/h4-11H,12H2,1-3H3. The molecule has 0 N–H and O–H groups in total. The number of ether oxygens (including phenoxy) is 2. The SMILES string of the molecule is CC(C)(C)OC(=O)c1cccc(OCc2ccccc2)n1. The molecule has 0 atom stereocenters. The van der Waals surface area contributed by atoms with Gasteiger partial charge in [-0.1, -0.05) is 36.4 Å². The molecule has 0 unspecified atom stereocenters. The summed E-state index contributed by atoms with van der Waals surface area (Å²) in [5, 5.41) is 0. The van der Waals surface area contributed by atoms with Crippen molar-refractivity contribution in [2.45, 2.75) is 33.0 Å². The molecule has 0 bridgehead atoms. The maximum atomic E-state index is 11.9. The van der Waals surface area contributed by atoms with E-state index in [1.165, 1.54) is 0 Å². The fourth-order valence-electron chi connectivity index (χ4n) is 1.67. The van der Waals surface area contributed by atoms with Gasteiger partial charge in [-0.2, -0.15) is 0 Å². The predicted molar refractivity (Wildman–Crippen MR) is 80.2 cm³/mol. The molecule has 2 rings (SSSR count). The lowest BCUT2D eigenvalue weighted by molar-refractivity contribution is 0.00617. The van der Waals surface area contributed by atoms with Gasteiger partial charge in [0.1, 0.15) is 12.2 Å². The summed E-state index contributed by atoms with van der Waals surface area (Å²) in [5.74, 6) is -0.0464. The minimum atomic E-state index is -0.542. The molecule has 0 aliphatic heterocycles. The van der Waals surface area contributed by atoms with Gasteiger partial charge in [0.2, 0.25) is 5.88 Å². The van der Waals surface area contributed by atoms with Gasteiger partial charge in [0.05, 0.1) is 0 Å². The third kappa shape index (κ3) is 4.91. The molecule has 0 saturated carbocycles. The lowest BCUT2D eigenvalue weighted by Gasteiger charge is -2.19. The second-order valence-corrected chi connectivity index (χ2v) is 5.64. The molecule has 0 spiro atoms. The Balaban J connectivity index is 2.02. The zero-order valence-electron chi connectivity index (χ0n) is 12.5. The van der Waals surface area contributed by atoms with Crippen molar-refractivity contribution in [2.75, 3.05) is 0 Å². The second-order valence-electron chi connectivity index (χ2n) is 5.64. The van der Waals surface area contributed by atoms with Crippen LogP contribution in [0.1, 0.15) is 36.8 Å². The van der Waals surface area contributed by atoms with E-state index in [9.17, 15) is 4.79 Å². The van der Waals surface area contributed by atoms with E-state index in [-0.39, 0.29) is 5.69 Å². The number of rotatable bonds is 4. The molecular formula is C17H19NO3. The molecule has 1 heterocycles. The van der Waals surface area contributed by atoms with Crippen molar-refractivity contribution in [3.63, 3.8) is 0 Å². The number of aromatic nitrogens is 1. The largest absolute Gasteiger partial charge is 0.473 e. The lowest BCUT2D eigenvalue weighted by Crippen LogP contribution is -2.24. The van der Waals surface area contributed by atoms with Gasteiger partial charge in [0, 0.05) is 6.07 Å². The molecule has 2 aromatic rings. The first-order chi connectivity index (χ1) is 9.94. The lowest BCUT2D eigenvalue weighted by atomic mass is 10.2. The number of nitrogens with zero attached hydrogens (tertiary/aromatic N) is 1. The smallest absolute Gasteiger partial charge is 0.357 e. The van der Waals surface area contributed by atoms with Gasteiger partial charge in [0.15, 0.2) is 5.69 Å². The summed E-state index contributed by atoms with van der Waals surface area (Å²) in [6.07, 6.45) is 0. The van der Waals surface area contributed by atoms with Crippen LogP contribution >= 0.6 is 0 Å². The average Bonchev–Trinajstić information content (AvgIpc) is 2.45. The van der Waals surface area contributed by atoms with Gasteiger partial charge < -0.3 is 9.47 Å². The number of esters is 1. The van der Waals surface area contributed by atoms with Crippen LogP contribution in [0.25, 0.3) is 0 Å². The van der Waals surface area contributed by atoms with Crippen LogP contribution in [0.4, 0.5) is 0 Å². The molecule has 0 fully saturated rings. The van der Waals surface area contributed by atoms with E-state index >= 15 is 0 Å². The molecule has 0 saturated heterocycles. The Morgan fingerprint density at radius 2 is 1.76 bits per heavy atom. The quantitative estimate of drug-likeness (QED) is 0.805. The van der Waals surface area contributed by atoms with Crippen LogP contribution in [0.15, 0.2) is 48.5 Å². The fraction of sp³-hybridized carbons (Fsp3) is 0.294. The Hall–Kier alpha value is -2.36. The number of hydrogen-bond acceptors (Lipinski definition) is 4. The van der Waals surface area contributed by atoms with E-state index in [4.69, 9.17) is 9.47 Å². The first-order valence-corrected chi connectivity index (χ1v) is 6.81. The number of hydrogen-bond donors (Lipinski definition) is 0. The minimum Gasteiger partial charge on any atom is -0.473 e. The van der Waals surface area contributed by atoms with Crippen LogP contribution in [0.3, 0.4) is 0 Å². The summed E-state index contributed by atoms with van der Waals surface area (Å²) in [6.45, 7) is 5.87. The molecule has 0 amide bonds. The van der Waals surface area contributed by atoms with Crippen molar-refractivity contribution in [3.8, 4) is 5.88 Å². The van der Waals surface area contributed by atoms with Crippen LogP contribution in [0, 0.1) is 0 Å². The van der Waals surface area contributed by atoms with Crippen LogP contribution < -0.4 is 4.74 Å². The summed E-state index contributed by atoms with van der Waals surface area (Å²) in [5.41, 5.74) is 0.747. The zero-order chi connectivity index (χ0) is 15.3. The van der Waals surface area contributed by atoms with Crippen molar-refractivity contribution < 1.29 is 14.3 Å². The van der Waals surface area contributed by atoms with Crippen molar-refractivity contribution in [3.05, 3.63) is 59.8 Å². The van der Waals surface area contributed by atoms with E-state index in [1.54, 1.807) is 18.2 Å². The highest BCUT2D eigenvalue weighted by atomic mass is 16.6. The number of pyridine rings is 1. The summed E-state index contributed by atoms with van der Waals surface area (Å²) < 4.78 is 10.9. The summed E-state index contributed by atoms with van der Waals surface area (Å²) in [6, 6.07) is 14.8. The van der Waals surface area contributed by atoms with Crippen LogP contribution in [0.2, 0.25) is 0 Å². The average molecular weight is 285 g/mol. The molecule has 0 radical (unpaired) electrons. The van der Waals surface area contributed by atoms with E-state index < -0.39 is 11.6 Å². The van der Waals surface area contributed by atoms with Gasteiger partial charge in [-0.15, -0.1) is 0 Å². The Kier molecular flexibility index (Phi) is 4.58. The Labute approximate surface area is 124 Å². The third-order valence-electron chi connectivity index (χ3n) is 2.56. The number of carbonyl (C=O) groups excluding carboxylic acids is 1. The highest BCUT2D eigenvalue weighted by Gasteiger charge is 2.19. The monoisotopic (exact) mass is 285 g/mol. The van der Waals surface area contributed by atoms with Gasteiger partial charge >= 0.3 is 5.97 Å². The second kappa shape index (κ2) is 6.39. The highest BCUT2D eigenvalue weighted by Crippen LogP contribution is 2.14. The van der Waals surface area contributed by atoms with Gasteiger partial charge in [-0.3, -0.25) is 0 Å². The predicted octanol–water partition coefficient (Wildman–Crippen LogP) is 3.62. The summed E-state index contributed by atoms with van der Waals surface area (Å²) >= 11 is 0. The van der Waals surface area contributed by atoms with Crippen LogP contribution in [0.5, 0.6) is 5.88 Å². The first-order valence-electron chi connectivity index (χ1n) is 6.81. The van der Waals surface area contributed by atoms with Gasteiger partial charge in [0.25, 0.3) is 0 Å². The van der Waals surface area contributed by atoms with Crippen molar-refractivity contribution in [1.29, 1.82) is 0 Å². The molecule has 0 aliphatic carbocycles. The molecule has 21 heavy (non-hydrogen) atoms. The van der Waals surface area contributed by atoms with E-state index in [2.05, 4.69) is 4.98 Å². The maximum absolute atomic E-state index is 11.9. The highest BCUT2D eigenvalue weighted by molar-refractivity contribution is 5.87. The number of benzene rings is 1. The Morgan fingerprint density at radius 1 is 1.05 bits per heavy atom. The van der Waals surface area contributed by atoms with E-state index in [0.29, 0.717) is 12.5 Å². The number of carbonyl (C=O) groups is 1. The van der Waals surface area contributed by atoms with E-state index in [0.717, 1.165) is 5.56 Å². The summed E-state index contributed by atoms with van der Waals surface area (Å²) in [7, 11) is 0. The van der Waals surface area contributed by atoms with E-state index in [1.807, 2.05) is 51.1 Å². The Bertz CT molecular complexity index is 603. The van der Waals surface area contributed by atoms with Crippen LogP contribution in [-0.4, -0.2) is 16.6 Å². The minimum absolute atomic E-state index is 0.246. The third-order valence-corrected chi connectivity index (χ3v) is 2.56. The zero-order valence-corrected chi connectivity index (χ0v) is 12.5. The topological polar surface area (TPSA) is 48.4 Å². The van der Waals surface area contributed by atoms with Crippen molar-refractivity contribution >= 4 is 5.97 Å². The molecular weight excluding hydrogens is 266 g/mol. The van der Waals surface area contributed by atoms with Gasteiger partial charge in [-0.25, -0.2) is 9.78 Å². The fourth-order valence-corrected chi connectivity index (χ4v) is 1.67. The van der Waals surface area contributed by atoms with Gasteiger partial charge in [-0.05, 0) is 32.4 Å². The molecule has 1 aromatic heterocycles. The van der Waals surface area contributed by atoms with Crippen molar-refractivity contribution in [2.24, 2.45) is 0 Å². The molecule has 110 valence electrons. The molecule has 4 nitrogen and oxygen atoms in total. The Morgan fingerprint density at radius 3 is 2.43 bits per heavy atom. The maximum Gasteiger partial charge on any atom is 0.357 e. The van der Waals surface area contributed by atoms with Crippen molar-refractivity contribution in [1.82, 2.24) is 4.98 Å². The summed E-state index contributed by atoms with van der Waals surface area (Å²) in [4.78, 5) is 16.1. The normalized spacial score (nSPS) is 11.0. The van der Waals surface area contributed by atoms with Crippen LogP contribution in [-0.2, 0) is 11.3 Å². The molecule has 4 heteroatoms. The molecule has 1 aromatic carbocycles. The first kappa shape index (κ1) is 15.0.